The monoisotopic (exact) mass is 300 g/mol. The molecule has 0 aromatic carbocycles. The highest BCUT2D eigenvalue weighted by molar-refractivity contribution is 5.85. The molecule has 0 radical (unpaired) electrons. The standard InChI is InChI=1S/C15H28N4.ClH/c1-11-8-19(7-6-13(11)16)10-12-9-18(5)17-14(12)15(2,3)4;/h9,11,13H,6-8,10,16H2,1-5H3;1H. The zero-order valence-electron chi connectivity index (χ0n) is 13.4. The first-order chi connectivity index (χ1) is 8.77. The Hall–Kier alpha value is -0.580. The van der Waals surface area contributed by atoms with Crippen molar-refractivity contribution in [3.8, 4) is 0 Å². The molecule has 2 N–H and O–H groups in total. The Morgan fingerprint density at radius 2 is 2.05 bits per heavy atom. The summed E-state index contributed by atoms with van der Waals surface area (Å²) in [5.74, 6) is 0.587. The molecule has 116 valence electrons. The number of likely N-dealkylation sites (tertiary alicyclic amines) is 1. The van der Waals surface area contributed by atoms with Crippen LogP contribution in [0, 0.1) is 5.92 Å². The van der Waals surface area contributed by atoms with Crippen LogP contribution in [0.25, 0.3) is 0 Å². The lowest BCUT2D eigenvalue weighted by molar-refractivity contribution is 0.157. The Morgan fingerprint density at radius 1 is 1.40 bits per heavy atom. The molecule has 0 spiro atoms. The number of hydrogen-bond donors (Lipinski definition) is 1. The molecular formula is C15H29ClN4. The molecule has 1 aliphatic heterocycles. The summed E-state index contributed by atoms with van der Waals surface area (Å²) in [6, 6.07) is 0.368. The smallest absolute Gasteiger partial charge is 0.0722 e. The molecule has 1 aliphatic rings. The molecule has 0 bridgehead atoms. The SMILES string of the molecule is CC1CN(Cc2cn(C)nc2C(C)(C)C)CCC1N.Cl. The first kappa shape index (κ1) is 17.5. The Morgan fingerprint density at radius 3 is 2.60 bits per heavy atom. The van der Waals surface area contributed by atoms with Gasteiger partial charge in [-0.3, -0.25) is 9.58 Å². The van der Waals surface area contributed by atoms with Gasteiger partial charge in [-0.05, 0) is 18.9 Å². The van der Waals surface area contributed by atoms with Gasteiger partial charge in [0.05, 0.1) is 5.69 Å². The van der Waals surface area contributed by atoms with Gasteiger partial charge in [-0.2, -0.15) is 5.10 Å². The first-order valence-corrected chi connectivity index (χ1v) is 7.28. The van der Waals surface area contributed by atoms with Crippen LogP contribution in [0.1, 0.15) is 45.4 Å². The maximum absolute atomic E-state index is 6.09. The number of nitrogens with two attached hydrogens (primary N) is 1. The van der Waals surface area contributed by atoms with Crippen LogP contribution in [0.2, 0.25) is 0 Å². The maximum Gasteiger partial charge on any atom is 0.0722 e. The van der Waals surface area contributed by atoms with Crippen molar-refractivity contribution < 1.29 is 0 Å². The normalized spacial score (nSPS) is 24.5. The number of halogens is 1. The third kappa shape index (κ3) is 3.96. The lowest BCUT2D eigenvalue weighted by Crippen LogP contribution is -2.45. The fourth-order valence-electron chi connectivity index (χ4n) is 2.92. The van der Waals surface area contributed by atoms with Crippen molar-refractivity contribution in [3.63, 3.8) is 0 Å². The second kappa shape index (κ2) is 6.46. The molecule has 1 aromatic rings. The fraction of sp³-hybridized carbons (Fsp3) is 0.800. The van der Waals surface area contributed by atoms with Crippen molar-refractivity contribution in [3.05, 3.63) is 17.5 Å². The Bertz CT molecular complexity index is 436. The first-order valence-electron chi connectivity index (χ1n) is 7.28. The van der Waals surface area contributed by atoms with Gasteiger partial charge in [0.15, 0.2) is 0 Å². The highest BCUT2D eigenvalue weighted by Crippen LogP contribution is 2.26. The molecule has 2 heterocycles. The maximum atomic E-state index is 6.09. The van der Waals surface area contributed by atoms with E-state index in [-0.39, 0.29) is 17.8 Å². The molecule has 2 rings (SSSR count). The Labute approximate surface area is 129 Å². The summed E-state index contributed by atoms with van der Waals surface area (Å²) in [5, 5.41) is 4.65. The molecule has 1 aromatic heterocycles. The molecule has 5 heteroatoms. The van der Waals surface area contributed by atoms with Gasteiger partial charge in [0, 0.05) is 43.4 Å². The minimum absolute atomic E-state index is 0. The van der Waals surface area contributed by atoms with E-state index in [4.69, 9.17) is 5.73 Å². The molecule has 4 nitrogen and oxygen atoms in total. The topological polar surface area (TPSA) is 47.1 Å². The van der Waals surface area contributed by atoms with Crippen LogP contribution in [0.15, 0.2) is 6.20 Å². The van der Waals surface area contributed by atoms with Gasteiger partial charge in [-0.15, -0.1) is 12.4 Å². The van der Waals surface area contributed by atoms with Gasteiger partial charge < -0.3 is 5.73 Å². The van der Waals surface area contributed by atoms with Crippen molar-refractivity contribution in [2.45, 2.75) is 52.1 Å². The van der Waals surface area contributed by atoms with E-state index in [1.165, 1.54) is 11.3 Å². The number of nitrogens with zero attached hydrogens (tertiary/aromatic N) is 3. The van der Waals surface area contributed by atoms with E-state index in [9.17, 15) is 0 Å². The van der Waals surface area contributed by atoms with Crippen molar-refractivity contribution in [1.82, 2.24) is 14.7 Å². The van der Waals surface area contributed by atoms with Crippen molar-refractivity contribution in [1.29, 1.82) is 0 Å². The molecule has 1 fully saturated rings. The van der Waals surface area contributed by atoms with Crippen molar-refractivity contribution in [2.24, 2.45) is 18.7 Å². The van der Waals surface area contributed by atoms with Gasteiger partial charge in [-0.25, -0.2) is 0 Å². The van der Waals surface area contributed by atoms with Crippen molar-refractivity contribution >= 4 is 12.4 Å². The summed E-state index contributed by atoms with van der Waals surface area (Å²) < 4.78 is 1.94. The molecule has 2 unspecified atom stereocenters. The summed E-state index contributed by atoms with van der Waals surface area (Å²) >= 11 is 0. The summed E-state index contributed by atoms with van der Waals surface area (Å²) in [6.45, 7) is 12.1. The van der Waals surface area contributed by atoms with Gasteiger partial charge in [0.1, 0.15) is 0 Å². The molecule has 0 saturated carbocycles. The highest BCUT2D eigenvalue weighted by atomic mass is 35.5. The molecule has 0 aliphatic carbocycles. The summed E-state index contributed by atoms with van der Waals surface area (Å²) in [5.41, 5.74) is 8.78. The number of rotatable bonds is 2. The third-order valence-electron chi connectivity index (χ3n) is 4.06. The van der Waals surface area contributed by atoms with Crippen molar-refractivity contribution in [2.75, 3.05) is 13.1 Å². The van der Waals surface area contributed by atoms with Crippen LogP contribution < -0.4 is 5.73 Å². The summed E-state index contributed by atoms with van der Waals surface area (Å²) in [7, 11) is 2.01. The van der Waals surface area contributed by atoms with Crippen LogP contribution in [0.4, 0.5) is 0 Å². The largest absolute Gasteiger partial charge is 0.327 e. The van der Waals surface area contributed by atoms with Crippen LogP contribution in [-0.4, -0.2) is 33.8 Å². The minimum atomic E-state index is 0. The van der Waals surface area contributed by atoms with E-state index in [0.29, 0.717) is 12.0 Å². The number of piperidine rings is 1. The Balaban J connectivity index is 0.00000200. The number of aromatic nitrogens is 2. The second-order valence-electron chi connectivity index (χ2n) is 7.09. The van der Waals surface area contributed by atoms with Crippen LogP contribution in [0.5, 0.6) is 0 Å². The van der Waals surface area contributed by atoms with E-state index in [2.05, 4.69) is 43.9 Å². The van der Waals surface area contributed by atoms with E-state index in [1.54, 1.807) is 0 Å². The van der Waals surface area contributed by atoms with Gasteiger partial charge in [0.2, 0.25) is 0 Å². The molecule has 0 amide bonds. The quantitative estimate of drug-likeness (QED) is 0.912. The minimum Gasteiger partial charge on any atom is -0.327 e. The molecule has 2 atom stereocenters. The lowest BCUT2D eigenvalue weighted by atomic mass is 9.89. The second-order valence-corrected chi connectivity index (χ2v) is 7.09. The van der Waals surface area contributed by atoms with E-state index >= 15 is 0 Å². The van der Waals surface area contributed by atoms with Gasteiger partial charge in [0.25, 0.3) is 0 Å². The van der Waals surface area contributed by atoms with E-state index in [0.717, 1.165) is 26.1 Å². The third-order valence-corrected chi connectivity index (χ3v) is 4.06. The van der Waals surface area contributed by atoms with Gasteiger partial charge >= 0.3 is 0 Å². The predicted molar refractivity (Wildman–Crippen MR) is 86.2 cm³/mol. The lowest BCUT2D eigenvalue weighted by Gasteiger charge is -2.35. The van der Waals surface area contributed by atoms with E-state index < -0.39 is 0 Å². The number of aryl methyl sites for hydroxylation is 1. The average molecular weight is 301 g/mol. The van der Waals surface area contributed by atoms with Crippen LogP contribution in [-0.2, 0) is 19.0 Å². The Kier molecular flexibility index (Phi) is 5.64. The zero-order chi connectivity index (χ0) is 14.2. The molecule has 1 saturated heterocycles. The molecular weight excluding hydrogens is 272 g/mol. The van der Waals surface area contributed by atoms with E-state index in [1.807, 2.05) is 11.7 Å². The van der Waals surface area contributed by atoms with Crippen LogP contribution in [0.3, 0.4) is 0 Å². The number of hydrogen-bond acceptors (Lipinski definition) is 3. The predicted octanol–water partition coefficient (Wildman–Crippen LogP) is 2.31. The zero-order valence-corrected chi connectivity index (χ0v) is 14.2. The van der Waals surface area contributed by atoms with Gasteiger partial charge in [-0.1, -0.05) is 27.7 Å². The summed E-state index contributed by atoms with van der Waals surface area (Å²) in [6.07, 6.45) is 3.27. The summed E-state index contributed by atoms with van der Waals surface area (Å²) in [4.78, 5) is 2.51. The highest BCUT2D eigenvalue weighted by Gasteiger charge is 2.26. The fourth-order valence-corrected chi connectivity index (χ4v) is 2.92. The van der Waals surface area contributed by atoms with Crippen LogP contribution >= 0.6 is 12.4 Å². The molecule has 20 heavy (non-hydrogen) atoms. The average Bonchev–Trinajstić information content (AvgIpc) is 2.65.